The second kappa shape index (κ2) is 8.93. The molecule has 0 heterocycles. The van der Waals surface area contributed by atoms with Gasteiger partial charge in [-0.3, -0.25) is 0 Å². The van der Waals surface area contributed by atoms with Crippen molar-refractivity contribution in [1.82, 2.24) is 0 Å². The molecule has 3 heteroatoms. The molecule has 0 rings (SSSR count). The van der Waals surface area contributed by atoms with E-state index in [2.05, 4.69) is 6.92 Å². The lowest BCUT2D eigenvalue weighted by molar-refractivity contribution is -0.108. The van der Waals surface area contributed by atoms with Crippen molar-refractivity contribution in [2.45, 2.75) is 103 Å². The molecule has 0 radical (unpaired) electrons. The zero-order valence-corrected chi connectivity index (χ0v) is 13.3. The summed E-state index contributed by atoms with van der Waals surface area (Å²) in [6, 6.07) is 0. The van der Waals surface area contributed by atoms with Gasteiger partial charge in [0, 0.05) is 6.42 Å². The van der Waals surface area contributed by atoms with Gasteiger partial charge in [-0.05, 0) is 27.2 Å². The average Bonchev–Trinajstić information content (AvgIpc) is 2.24. The van der Waals surface area contributed by atoms with Gasteiger partial charge in [0.2, 0.25) is 0 Å². The van der Waals surface area contributed by atoms with Gasteiger partial charge >= 0.3 is 0 Å². The number of aliphatic hydroxyl groups is 3. The highest BCUT2D eigenvalue weighted by Gasteiger charge is 2.35. The van der Waals surface area contributed by atoms with Crippen LogP contribution in [0.3, 0.4) is 0 Å². The summed E-state index contributed by atoms with van der Waals surface area (Å²) >= 11 is 0. The third-order valence-corrected chi connectivity index (χ3v) is 3.59. The maximum atomic E-state index is 10.2. The molecule has 0 aromatic heterocycles. The zero-order chi connectivity index (χ0) is 14.9. The summed E-state index contributed by atoms with van der Waals surface area (Å²) in [4.78, 5) is 0. The zero-order valence-electron chi connectivity index (χ0n) is 13.3. The Kier molecular flexibility index (Phi) is 8.88. The van der Waals surface area contributed by atoms with Gasteiger partial charge < -0.3 is 15.3 Å². The molecule has 0 amide bonds. The maximum Gasteiger partial charge on any atom is 0.0904 e. The van der Waals surface area contributed by atoms with Crippen LogP contribution < -0.4 is 0 Å². The van der Waals surface area contributed by atoms with E-state index in [1.54, 1.807) is 20.8 Å². The normalized spacial score (nSPS) is 17.2. The number of unbranched alkanes of at least 4 members (excludes halogenated alkanes) is 6. The Morgan fingerprint density at radius 2 is 1.32 bits per heavy atom. The SMILES string of the molecule is CCCCCCCCCC(O)C(C)(O)CC(C)(C)O. The van der Waals surface area contributed by atoms with E-state index in [1.807, 2.05) is 0 Å². The Labute approximate surface area is 119 Å². The van der Waals surface area contributed by atoms with Gasteiger partial charge in [0.25, 0.3) is 0 Å². The molecule has 3 N–H and O–H groups in total. The van der Waals surface area contributed by atoms with Crippen LogP contribution in [0.1, 0.15) is 85.5 Å². The van der Waals surface area contributed by atoms with E-state index >= 15 is 0 Å². The summed E-state index contributed by atoms with van der Waals surface area (Å²) in [6.07, 6.45) is 8.44. The number of rotatable bonds is 11. The molecule has 0 spiro atoms. The minimum atomic E-state index is -1.21. The summed E-state index contributed by atoms with van der Waals surface area (Å²) in [7, 11) is 0. The lowest BCUT2D eigenvalue weighted by Crippen LogP contribution is -2.45. The fourth-order valence-electron chi connectivity index (χ4n) is 2.60. The number of hydrogen-bond donors (Lipinski definition) is 3. The minimum Gasteiger partial charge on any atom is -0.390 e. The summed E-state index contributed by atoms with van der Waals surface area (Å²) in [5, 5.41) is 29.9. The first-order chi connectivity index (χ1) is 8.69. The molecule has 0 fully saturated rings. The molecule has 2 unspecified atom stereocenters. The van der Waals surface area contributed by atoms with Gasteiger partial charge in [-0.15, -0.1) is 0 Å². The summed E-state index contributed by atoms with van der Waals surface area (Å²) < 4.78 is 0. The van der Waals surface area contributed by atoms with Crippen LogP contribution in [0.4, 0.5) is 0 Å². The van der Waals surface area contributed by atoms with Crippen LogP contribution >= 0.6 is 0 Å². The van der Waals surface area contributed by atoms with Gasteiger partial charge in [-0.2, -0.15) is 0 Å². The third kappa shape index (κ3) is 10.3. The minimum absolute atomic E-state index is 0.192. The molecule has 0 aromatic rings. The highest BCUT2D eigenvalue weighted by atomic mass is 16.3. The lowest BCUT2D eigenvalue weighted by Gasteiger charge is -2.34. The van der Waals surface area contributed by atoms with Crippen molar-refractivity contribution in [1.29, 1.82) is 0 Å². The topological polar surface area (TPSA) is 60.7 Å². The maximum absolute atomic E-state index is 10.2. The van der Waals surface area contributed by atoms with Crippen molar-refractivity contribution in [2.24, 2.45) is 0 Å². The molecule has 2 atom stereocenters. The fraction of sp³-hybridized carbons (Fsp3) is 1.00. The first-order valence-electron chi connectivity index (χ1n) is 7.82. The molecule has 0 bridgehead atoms. The van der Waals surface area contributed by atoms with E-state index < -0.39 is 17.3 Å². The molecule has 0 aliphatic heterocycles. The van der Waals surface area contributed by atoms with Gasteiger partial charge in [0.15, 0.2) is 0 Å². The predicted octanol–water partition coefficient (Wildman–Crippen LogP) is 3.40. The van der Waals surface area contributed by atoms with Gasteiger partial charge in [-0.25, -0.2) is 0 Å². The van der Waals surface area contributed by atoms with E-state index in [1.165, 1.54) is 32.1 Å². The summed E-state index contributed by atoms with van der Waals surface area (Å²) in [5.74, 6) is 0. The second-order valence-corrected chi connectivity index (χ2v) is 6.77. The Hall–Kier alpha value is -0.120. The van der Waals surface area contributed by atoms with Crippen molar-refractivity contribution in [3.63, 3.8) is 0 Å². The van der Waals surface area contributed by atoms with Crippen LogP contribution in [0.5, 0.6) is 0 Å². The van der Waals surface area contributed by atoms with E-state index in [9.17, 15) is 15.3 Å². The molecule has 19 heavy (non-hydrogen) atoms. The number of hydrogen-bond acceptors (Lipinski definition) is 3. The average molecular weight is 274 g/mol. The molecule has 116 valence electrons. The van der Waals surface area contributed by atoms with Crippen molar-refractivity contribution in [2.75, 3.05) is 0 Å². The number of aliphatic hydroxyl groups excluding tert-OH is 1. The van der Waals surface area contributed by atoms with Gasteiger partial charge in [0.1, 0.15) is 0 Å². The smallest absolute Gasteiger partial charge is 0.0904 e. The Balaban J connectivity index is 3.75. The van der Waals surface area contributed by atoms with Crippen LogP contribution in [-0.2, 0) is 0 Å². The molecule has 0 aliphatic rings. The van der Waals surface area contributed by atoms with Crippen molar-refractivity contribution in [3.05, 3.63) is 0 Å². The molecule has 0 saturated heterocycles. The van der Waals surface area contributed by atoms with Crippen molar-refractivity contribution >= 4 is 0 Å². The van der Waals surface area contributed by atoms with E-state index in [4.69, 9.17) is 0 Å². The van der Waals surface area contributed by atoms with Crippen LogP contribution in [0, 0.1) is 0 Å². The van der Waals surface area contributed by atoms with Crippen molar-refractivity contribution < 1.29 is 15.3 Å². The van der Waals surface area contributed by atoms with Crippen LogP contribution in [0.2, 0.25) is 0 Å². The first-order valence-corrected chi connectivity index (χ1v) is 7.82. The highest BCUT2D eigenvalue weighted by Crippen LogP contribution is 2.26. The summed E-state index contributed by atoms with van der Waals surface area (Å²) in [5.41, 5.74) is -2.16. The molecular weight excluding hydrogens is 240 g/mol. The van der Waals surface area contributed by atoms with E-state index in [0.29, 0.717) is 6.42 Å². The van der Waals surface area contributed by atoms with Gasteiger partial charge in [0.05, 0.1) is 17.3 Å². The van der Waals surface area contributed by atoms with Crippen LogP contribution in [0.15, 0.2) is 0 Å². The van der Waals surface area contributed by atoms with Crippen LogP contribution in [0.25, 0.3) is 0 Å². The lowest BCUT2D eigenvalue weighted by atomic mass is 9.84. The summed E-state index contributed by atoms with van der Waals surface area (Å²) in [6.45, 7) is 7.13. The van der Waals surface area contributed by atoms with Crippen LogP contribution in [-0.4, -0.2) is 32.6 Å². The fourth-order valence-corrected chi connectivity index (χ4v) is 2.60. The second-order valence-electron chi connectivity index (χ2n) is 6.77. The molecule has 0 aromatic carbocycles. The first kappa shape index (κ1) is 18.9. The Morgan fingerprint density at radius 3 is 1.79 bits per heavy atom. The largest absolute Gasteiger partial charge is 0.390 e. The van der Waals surface area contributed by atoms with Crippen molar-refractivity contribution in [3.8, 4) is 0 Å². The quantitative estimate of drug-likeness (QED) is 0.506. The third-order valence-electron chi connectivity index (χ3n) is 3.59. The highest BCUT2D eigenvalue weighted by molar-refractivity contribution is 4.87. The Bertz CT molecular complexity index is 219. The molecule has 0 saturated carbocycles. The predicted molar refractivity (Wildman–Crippen MR) is 80.2 cm³/mol. The van der Waals surface area contributed by atoms with E-state index in [0.717, 1.165) is 12.8 Å². The molecular formula is C16H34O3. The van der Waals surface area contributed by atoms with E-state index in [-0.39, 0.29) is 6.42 Å². The van der Waals surface area contributed by atoms with Gasteiger partial charge in [-0.1, -0.05) is 51.9 Å². The monoisotopic (exact) mass is 274 g/mol. The molecule has 0 aliphatic carbocycles. The standard InChI is InChI=1S/C16H34O3/c1-5-6-7-8-9-10-11-12-14(17)16(4,19)13-15(2,3)18/h14,17-19H,5-13H2,1-4H3. The Morgan fingerprint density at radius 1 is 0.842 bits per heavy atom. The molecule has 3 nitrogen and oxygen atoms in total.